The van der Waals surface area contributed by atoms with Crippen LogP contribution in [0.15, 0.2) is 29.1 Å². The lowest BCUT2D eigenvalue weighted by Gasteiger charge is -2.32. The van der Waals surface area contributed by atoms with Crippen molar-refractivity contribution in [3.8, 4) is 0 Å². The number of aromatic nitrogens is 2. The number of H-pyrrole nitrogens is 1. The first-order valence-electron chi connectivity index (χ1n) is 7.69. The summed E-state index contributed by atoms with van der Waals surface area (Å²) >= 11 is 0. The summed E-state index contributed by atoms with van der Waals surface area (Å²) in [5.41, 5.74) is 6.03. The Kier molecular flexibility index (Phi) is 3.94. The molecule has 0 radical (unpaired) electrons. The van der Waals surface area contributed by atoms with Crippen molar-refractivity contribution in [1.29, 1.82) is 0 Å². The third-order valence-electron chi connectivity index (χ3n) is 4.62. The maximum absolute atomic E-state index is 12.2. The van der Waals surface area contributed by atoms with E-state index >= 15 is 0 Å². The number of benzene rings is 1. The van der Waals surface area contributed by atoms with Crippen LogP contribution in [0, 0.1) is 5.92 Å². The third-order valence-corrected chi connectivity index (χ3v) is 4.62. The number of carbonyl (C=O) groups excluding carboxylic acids is 1. The van der Waals surface area contributed by atoms with Gasteiger partial charge in [-0.05, 0) is 31.9 Å². The number of amides is 1. The highest BCUT2D eigenvalue weighted by Crippen LogP contribution is 2.12. The van der Waals surface area contributed by atoms with Gasteiger partial charge in [0, 0.05) is 0 Å². The van der Waals surface area contributed by atoms with Gasteiger partial charge in [0.1, 0.15) is 6.04 Å². The molecule has 1 amide bonds. The molecule has 6 heteroatoms. The Morgan fingerprint density at radius 2 is 2.23 bits per heavy atom. The summed E-state index contributed by atoms with van der Waals surface area (Å²) in [6.07, 6.45) is 1.82. The molecule has 4 N–H and O–H groups in total. The minimum absolute atomic E-state index is 0.0273. The van der Waals surface area contributed by atoms with Gasteiger partial charge in [0.25, 0.3) is 5.56 Å². The first kappa shape index (κ1) is 14.7. The molecule has 2 heterocycles. The molecule has 1 saturated heterocycles. The van der Waals surface area contributed by atoms with Crippen LogP contribution in [-0.4, -0.2) is 29.0 Å². The average Bonchev–Trinajstić information content (AvgIpc) is 2.54. The number of aromatic amines is 1. The van der Waals surface area contributed by atoms with Crippen LogP contribution < -0.4 is 16.2 Å². The van der Waals surface area contributed by atoms with Crippen molar-refractivity contribution < 1.29 is 9.69 Å². The minimum Gasteiger partial charge on any atom is -0.369 e. The normalized spacial score (nSPS) is 23.3. The number of primary amides is 1. The number of piperidine rings is 1. The Labute approximate surface area is 128 Å². The number of hydrogen-bond acceptors (Lipinski definition) is 3. The predicted molar refractivity (Wildman–Crippen MR) is 83.4 cm³/mol. The van der Waals surface area contributed by atoms with E-state index in [1.165, 1.54) is 4.90 Å². The molecule has 22 heavy (non-hydrogen) atoms. The maximum Gasteiger partial charge on any atom is 0.258 e. The van der Waals surface area contributed by atoms with Gasteiger partial charge in [-0.3, -0.25) is 9.59 Å². The van der Waals surface area contributed by atoms with Gasteiger partial charge < -0.3 is 15.6 Å². The first-order chi connectivity index (χ1) is 10.6. The van der Waals surface area contributed by atoms with Crippen molar-refractivity contribution in [2.75, 3.05) is 13.1 Å². The fourth-order valence-corrected chi connectivity index (χ4v) is 3.24. The Bertz CT molecular complexity index is 755. The molecule has 1 aliphatic rings. The van der Waals surface area contributed by atoms with E-state index < -0.39 is 0 Å². The van der Waals surface area contributed by atoms with Crippen molar-refractivity contribution in [2.24, 2.45) is 11.7 Å². The number of nitrogens with two attached hydrogens (primary N) is 1. The van der Waals surface area contributed by atoms with Crippen LogP contribution in [0.3, 0.4) is 0 Å². The highest BCUT2D eigenvalue weighted by atomic mass is 16.1. The molecule has 1 fully saturated rings. The van der Waals surface area contributed by atoms with Crippen molar-refractivity contribution in [2.45, 2.75) is 25.8 Å². The van der Waals surface area contributed by atoms with E-state index in [0.29, 0.717) is 23.3 Å². The minimum atomic E-state index is -0.232. The fourth-order valence-electron chi connectivity index (χ4n) is 3.24. The van der Waals surface area contributed by atoms with Gasteiger partial charge in [-0.25, -0.2) is 4.98 Å². The molecular weight excluding hydrogens is 280 g/mol. The topological polar surface area (TPSA) is 93.3 Å². The van der Waals surface area contributed by atoms with Gasteiger partial charge in [0.2, 0.25) is 5.91 Å². The molecule has 0 spiro atoms. The fraction of sp³-hybridized carbons (Fsp3) is 0.438. The van der Waals surface area contributed by atoms with E-state index in [1.807, 2.05) is 25.1 Å². The number of rotatable bonds is 3. The van der Waals surface area contributed by atoms with E-state index in [0.717, 1.165) is 19.4 Å². The maximum atomic E-state index is 12.2. The number of hydrogen-bond donors (Lipinski definition) is 3. The molecule has 1 aliphatic heterocycles. The number of nitrogens with one attached hydrogen (secondary N) is 2. The van der Waals surface area contributed by atoms with Crippen LogP contribution in [0.2, 0.25) is 0 Å². The summed E-state index contributed by atoms with van der Waals surface area (Å²) in [5, 5.41) is 0.599. The quantitative estimate of drug-likeness (QED) is 0.731. The van der Waals surface area contributed by atoms with Crippen LogP contribution in [0.25, 0.3) is 10.9 Å². The van der Waals surface area contributed by atoms with Crippen molar-refractivity contribution >= 4 is 16.8 Å². The van der Waals surface area contributed by atoms with E-state index in [2.05, 4.69) is 9.97 Å². The van der Waals surface area contributed by atoms with E-state index in [9.17, 15) is 9.59 Å². The summed E-state index contributed by atoms with van der Waals surface area (Å²) in [5.74, 6) is 0.353. The van der Waals surface area contributed by atoms with Crippen molar-refractivity contribution in [1.82, 2.24) is 9.97 Å². The number of para-hydroxylation sites is 1. The lowest BCUT2D eigenvalue weighted by atomic mass is 9.96. The second kappa shape index (κ2) is 5.88. The monoisotopic (exact) mass is 301 g/mol. The van der Waals surface area contributed by atoms with Gasteiger partial charge in [-0.1, -0.05) is 12.1 Å². The average molecular weight is 301 g/mol. The number of quaternary nitrogens is 1. The third kappa shape index (κ3) is 2.74. The molecule has 3 rings (SSSR count). The second-order valence-electron chi connectivity index (χ2n) is 6.04. The van der Waals surface area contributed by atoms with Crippen molar-refractivity contribution in [3.05, 3.63) is 40.4 Å². The van der Waals surface area contributed by atoms with Gasteiger partial charge in [-0.2, -0.15) is 0 Å². The largest absolute Gasteiger partial charge is 0.369 e. The summed E-state index contributed by atoms with van der Waals surface area (Å²) in [6.45, 7) is 3.69. The molecule has 0 aliphatic carbocycles. The SMILES string of the molecule is C[C@@H](c1nc2ccccc2c(=O)[nH]1)[NH+]1CCC[C@H](C(N)=O)C1. The molecule has 1 aromatic heterocycles. The number of carbonyl (C=O) groups is 1. The van der Waals surface area contributed by atoms with Gasteiger partial charge in [-0.15, -0.1) is 0 Å². The summed E-state index contributed by atoms with van der Waals surface area (Å²) in [4.78, 5) is 32.3. The molecule has 0 bridgehead atoms. The molecule has 3 atom stereocenters. The standard InChI is InChI=1S/C16H20N4O2/c1-10(20-8-4-5-11(9-20)14(17)21)15-18-13-7-3-2-6-12(13)16(22)19-15/h2-3,6-7,10-11H,4-5,8-9H2,1H3,(H2,17,21)(H,18,19,22)/p+1/t10-,11-/m0/s1. The molecule has 6 nitrogen and oxygen atoms in total. The number of nitrogens with zero attached hydrogens (tertiary/aromatic N) is 1. The first-order valence-corrected chi connectivity index (χ1v) is 7.69. The Hall–Kier alpha value is -2.21. The van der Waals surface area contributed by atoms with Crippen LogP contribution in [0.4, 0.5) is 0 Å². The van der Waals surface area contributed by atoms with Crippen LogP contribution in [0.5, 0.6) is 0 Å². The second-order valence-corrected chi connectivity index (χ2v) is 6.04. The Morgan fingerprint density at radius 3 is 3.00 bits per heavy atom. The highest BCUT2D eigenvalue weighted by molar-refractivity contribution is 5.77. The summed E-state index contributed by atoms with van der Waals surface area (Å²) in [6, 6.07) is 7.35. The molecule has 1 unspecified atom stereocenters. The van der Waals surface area contributed by atoms with E-state index in [-0.39, 0.29) is 23.4 Å². The smallest absolute Gasteiger partial charge is 0.258 e. The van der Waals surface area contributed by atoms with Crippen LogP contribution in [0.1, 0.15) is 31.6 Å². The molecule has 1 aromatic carbocycles. The number of fused-ring (bicyclic) bond motifs is 1. The zero-order valence-corrected chi connectivity index (χ0v) is 12.6. The lowest BCUT2D eigenvalue weighted by Crippen LogP contribution is -3.13. The van der Waals surface area contributed by atoms with Gasteiger partial charge >= 0.3 is 0 Å². The number of likely N-dealkylation sites (tertiary alicyclic amines) is 1. The van der Waals surface area contributed by atoms with Crippen LogP contribution in [-0.2, 0) is 4.79 Å². The van der Waals surface area contributed by atoms with Gasteiger partial charge in [0.15, 0.2) is 5.82 Å². The molecule has 0 saturated carbocycles. The highest BCUT2D eigenvalue weighted by Gasteiger charge is 2.31. The predicted octanol–water partition coefficient (Wildman–Crippen LogP) is -0.236. The zero-order chi connectivity index (χ0) is 15.7. The molecular formula is C16H21N4O2+. The molecule has 116 valence electrons. The Morgan fingerprint density at radius 1 is 1.45 bits per heavy atom. The van der Waals surface area contributed by atoms with Crippen LogP contribution >= 0.6 is 0 Å². The van der Waals surface area contributed by atoms with Gasteiger partial charge in [0.05, 0.1) is 29.9 Å². The van der Waals surface area contributed by atoms with E-state index in [1.54, 1.807) is 6.07 Å². The molecule has 2 aromatic rings. The summed E-state index contributed by atoms with van der Waals surface area (Å²) in [7, 11) is 0. The lowest BCUT2D eigenvalue weighted by molar-refractivity contribution is -0.937. The zero-order valence-electron chi connectivity index (χ0n) is 12.6. The van der Waals surface area contributed by atoms with Crippen molar-refractivity contribution in [3.63, 3.8) is 0 Å². The Balaban J connectivity index is 1.90. The summed E-state index contributed by atoms with van der Waals surface area (Å²) < 4.78 is 0. The van der Waals surface area contributed by atoms with E-state index in [4.69, 9.17) is 5.73 Å².